The third kappa shape index (κ3) is 4.61. The summed E-state index contributed by atoms with van der Waals surface area (Å²) in [5.41, 5.74) is 6.21. The molecule has 12 heteroatoms. The van der Waals surface area contributed by atoms with Crippen molar-refractivity contribution >= 4 is 35.1 Å². The van der Waals surface area contributed by atoms with Crippen molar-refractivity contribution in [2.75, 3.05) is 61.3 Å². The minimum Gasteiger partial charge on any atom is -0.461 e. The van der Waals surface area contributed by atoms with Crippen LogP contribution in [0.5, 0.6) is 0 Å². The molecule has 0 aliphatic carbocycles. The van der Waals surface area contributed by atoms with Gasteiger partial charge in [-0.3, -0.25) is 4.90 Å². The normalized spacial score (nSPS) is 19.5. The zero-order valence-electron chi connectivity index (χ0n) is 19.3. The van der Waals surface area contributed by atoms with Crippen molar-refractivity contribution in [1.29, 1.82) is 0 Å². The number of aromatic nitrogens is 6. The van der Waals surface area contributed by atoms with E-state index in [1.165, 1.54) is 10.9 Å². The van der Waals surface area contributed by atoms with Crippen LogP contribution in [0.25, 0.3) is 17.4 Å². The van der Waals surface area contributed by atoms with Crippen molar-refractivity contribution in [3.8, 4) is 11.6 Å². The van der Waals surface area contributed by atoms with Gasteiger partial charge in [-0.1, -0.05) is 11.6 Å². The van der Waals surface area contributed by atoms with E-state index in [2.05, 4.69) is 39.7 Å². The number of piperazine rings is 1. The highest BCUT2D eigenvalue weighted by atomic mass is 35.5. The second-order valence-corrected chi connectivity index (χ2v) is 9.52. The molecule has 0 bridgehead atoms. The number of fused-ring (bicyclic) bond motifs is 1. The predicted molar refractivity (Wildman–Crippen MR) is 134 cm³/mol. The molecule has 0 amide bonds. The molecule has 2 aliphatic rings. The summed E-state index contributed by atoms with van der Waals surface area (Å²) in [6.45, 7) is 6.83. The van der Waals surface area contributed by atoms with Crippen molar-refractivity contribution in [1.82, 2.24) is 34.4 Å². The Balaban J connectivity index is 1.10. The van der Waals surface area contributed by atoms with Gasteiger partial charge in [0.05, 0.1) is 11.3 Å². The maximum Gasteiger partial charge on any atom is 0.259 e. The molecule has 0 saturated carbocycles. The lowest BCUT2D eigenvalue weighted by molar-refractivity contribution is 0.205. The maximum absolute atomic E-state index is 6.21. The number of piperidine rings is 1. The second kappa shape index (κ2) is 9.31. The molecule has 35 heavy (non-hydrogen) atoms. The van der Waals surface area contributed by atoms with E-state index in [1.807, 2.05) is 12.1 Å². The Morgan fingerprint density at radius 2 is 1.91 bits per heavy atom. The Hall–Kier alpha value is -3.44. The van der Waals surface area contributed by atoms with E-state index in [-0.39, 0.29) is 5.95 Å². The SMILES string of the molecule is Nc1nc(N2CCCC(CN3CCN(c4ccc(Cl)cn4)CC3)C2)nc2nc(-c3ccco3)nn12. The van der Waals surface area contributed by atoms with E-state index in [1.54, 1.807) is 24.6 Å². The molecule has 2 saturated heterocycles. The highest BCUT2D eigenvalue weighted by Gasteiger charge is 2.27. The fourth-order valence-corrected chi connectivity index (χ4v) is 5.03. The van der Waals surface area contributed by atoms with Crippen LogP contribution in [0.3, 0.4) is 0 Å². The summed E-state index contributed by atoms with van der Waals surface area (Å²) in [7, 11) is 0. The van der Waals surface area contributed by atoms with Crippen LogP contribution >= 0.6 is 11.6 Å². The molecule has 6 heterocycles. The fraction of sp³-hybridized carbons (Fsp3) is 0.435. The molecule has 1 unspecified atom stereocenters. The second-order valence-electron chi connectivity index (χ2n) is 9.08. The summed E-state index contributed by atoms with van der Waals surface area (Å²) in [4.78, 5) is 25.2. The number of rotatable bonds is 5. The molecule has 4 aromatic rings. The predicted octanol–water partition coefficient (Wildman–Crippen LogP) is 2.45. The smallest absolute Gasteiger partial charge is 0.259 e. The van der Waals surface area contributed by atoms with Gasteiger partial charge in [0.2, 0.25) is 17.7 Å². The lowest BCUT2D eigenvalue weighted by atomic mass is 9.97. The molecule has 2 N–H and O–H groups in total. The van der Waals surface area contributed by atoms with Gasteiger partial charge in [0.15, 0.2) is 5.76 Å². The van der Waals surface area contributed by atoms with Crippen molar-refractivity contribution < 1.29 is 4.42 Å². The monoisotopic (exact) mass is 494 g/mol. The summed E-state index contributed by atoms with van der Waals surface area (Å²) in [5.74, 6) is 3.85. The van der Waals surface area contributed by atoms with Gasteiger partial charge in [-0.05, 0) is 43.0 Å². The number of hydrogen-bond donors (Lipinski definition) is 1. The van der Waals surface area contributed by atoms with Gasteiger partial charge in [0.25, 0.3) is 5.78 Å². The molecule has 2 aliphatic heterocycles. The number of nitrogen functional groups attached to an aromatic ring is 1. The lowest BCUT2D eigenvalue weighted by Crippen LogP contribution is -2.50. The van der Waals surface area contributed by atoms with Gasteiger partial charge in [-0.25, -0.2) is 4.98 Å². The van der Waals surface area contributed by atoms with E-state index < -0.39 is 0 Å². The Kier molecular flexibility index (Phi) is 5.86. The zero-order chi connectivity index (χ0) is 23.8. The molecule has 0 radical (unpaired) electrons. The molecule has 4 aromatic heterocycles. The molecule has 182 valence electrons. The zero-order valence-corrected chi connectivity index (χ0v) is 20.0. The molecule has 0 aromatic carbocycles. The van der Waals surface area contributed by atoms with Crippen LogP contribution in [0.15, 0.2) is 41.1 Å². The van der Waals surface area contributed by atoms with Gasteiger partial charge in [0, 0.05) is 52.0 Å². The molecule has 1 atom stereocenters. The molecule has 0 spiro atoms. The van der Waals surface area contributed by atoms with Crippen LogP contribution in [-0.2, 0) is 0 Å². The minimum absolute atomic E-state index is 0.268. The first kappa shape index (κ1) is 22.1. The van der Waals surface area contributed by atoms with Crippen LogP contribution in [0.4, 0.5) is 17.7 Å². The Morgan fingerprint density at radius 3 is 2.69 bits per heavy atom. The highest BCUT2D eigenvalue weighted by Crippen LogP contribution is 2.24. The largest absolute Gasteiger partial charge is 0.461 e. The van der Waals surface area contributed by atoms with Crippen molar-refractivity contribution in [2.45, 2.75) is 12.8 Å². The maximum atomic E-state index is 6.21. The van der Waals surface area contributed by atoms with Crippen LogP contribution in [-0.4, -0.2) is 80.3 Å². The van der Waals surface area contributed by atoms with Crippen molar-refractivity contribution in [3.05, 3.63) is 41.7 Å². The quantitative estimate of drug-likeness (QED) is 0.443. The first-order chi connectivity index (χ1) is 17.1. The summed E-state index contributed by atoms with van der Waals surface area (Å²) in [6.07, 6.45) is 5.59. The highest BCUT2D eigenvalue weighted by molar-refractivity contribution is 6.30. The first-order valence-electron chi connectivity index (χ1n) is 11.9. The number of hydrogen-bond acceptors (Lipinski definition) is 10. The molecule has 11 nitrogen and oxygen atoms in total. The van der Waals surface area contributed by atoms with Gasteiger partial charge in [-0.15, -0.1) is 5.10 Å². The summed E-state index contributed by atoms with van der Waals surface area (Å²) in [5, 5.41) is 5.05. The van der Waals surface area contributed by atoms with Gasteiger partial charge in [-0.2, -0.15) is 19.5 Å². The molecular weight excluding hydrogens is 468 g/mol. The third-order valence-corrected chi connectivity index (χ3v) is 6.91. The van der Waals surface area contributed by atoms with Gasteiger partial charge < -0.3 is 20.0 Å². The standard InChI is InChI=1S/C23H27ClN10O/c24-17-5-6-19(26-13-17)32-10-8-31(9-11-32)14-16-3-1-7-33(15-16)22-28-21(25)34-23(29-22)27-20(30-34)18-4-2-12-35-18/h2,4-6,12-13,16H,1,3,7-11,14-15H2,(H2,25,27,28,29,30). The van der Waals surface area contributed by atoms with E-state index in [0.717, 1.165) is 58.1 Å². The summed E-state index contributed by atoms with van der Waals surface area (Å²) in [6, 6.07) is 7.49. The lowest BCUT2D eigenvalue weighted by Gasteiger charge is -2.39. The van der Waals surface area contributed by atoms with Crippen molar-refractivity contribution in [3.63, 3.8) is 0 Å². The van der Waals surface area contributed by atoms with E-state index in [4.69, 9.17) is 21.8 Å². The molecule has 6 rings (SSSR count). The Bertz CT molecular complexity index is 1280. The first-order valence-corrected chi connectivity index (χ1v) is 12.3. The van der Waals surface area contributed by atoms with E-state index in [0.29, 0.717) is 34.3 Å². The number of nitrogens with two attached hydrogens (primary N) is 1. The Morgan fingerprint density at radius 1 is 1.03 bits per heavy atom. The van der Waals surface area contributed by atoms with Crippen LogP contribution in [0, 0.1) is 5.92 Å². The number of anilines is 3. The topological polar surface area (TPSA) is 118 Å². The fourth-order valence-electron chi connectivity index (χ4n) is 4.92. The van der Waals surface area contributed by atoms with Crippen LogP contribution < -0.4 is 15.5 Å². The van der Waals surface area contributed by atoms with Crippen LogP contribution in [0.1, 0.15) is 12.8 Å². The Labute approximate surface area is 207 Å². The summed E-state index contributed by atoms with van der Waals surface area (Å²) < 4.78 is 6.86. The average Bonchev–Trinajstić information content (AvgIpc) is 3.56. The molecular formula is C23H27ClN10O. The van der Waals surface area contributed by atoms with Gasteiger partial charge in [0.1, 0.15) is 5.82 Å². The minimum atomic E-state index is 0.268. The van der Waals surface area contributed by atoms with Crippen molar-refractivity contribution in [2.24, 2.45) is 5.92 Å². The third-order valence-electron chi connectivity index (χ3n) is 6.69. The van der Waals surface area contributed by atoms with E-state index in [9.17, 15) is 0 Å². The number of pyridine rings is 1. The number of furan rings is 1. The van der Waals surface area contributed by atoms with Crippen LogP contribution in [0.2, 0.25) is 5.02 Å². The number of halogens is 1. The number of nitrogens with zero attached hydrogens (tertiary/aromatic N) is 9. The average molecular weight is 495 g/mol. The van der Waals surface area contributed by atoms with E-state index >= 15 is 0 Å². The van der Waals surface area contributed by atoms with Gasteiger partial charge >= 0.3 is 0 Å². The summed E-state index contributed by atoms with van der Waals surface area (Å²) >= 11 is 5.98. The molecule has 2 fully saturated rings.